The van der Waals surface area contributed by atoms with Gasteiger partial charge in [0.25, 0.3) is 0 Å². The van der Waals surface area contributed by atoms with Gasteiger partial charge in [-0.2, -0.15) is 4.98 Å². The number of halogens is 3. The van der Waals surface area contributed by atoms with Gasteiger partial charge in [0.05, 0.1) is 12.3 Å². The van der Waals surface area contributed by atoms with Crippen LogP contribution in [0.4, 0.5) is 30.8 Å². The van der Waals surface area contributed by atoms with Crippen molar-refractivity contribution in [1.29, 1.82) is 0 Å². The standard InChI is InChI=1S/C21H25F3N6O/c1-3-11(2)30-19-17(10-25-20(29-19)26-13-4-6-14(31)7-5-13)27-21(30)28-18-15(23)8-12(22)9-16(18)24/h8-11,13-14,31H,3-7H2,1-2H3,(H,27,28)(H,25,26,29). The lowest BCUT2D eigenvalue weighted by atomic mass is 9.93. The van der Waals surface area contributed by atoms with Crippen LogP contribution in [0.2, 0.25) is 0 Å². The van der Waals surface area contributed by atoms with Crippen molar-refractivity contribution in [2.75, 3.05) is 10.6 Å². The average Bonchev–Trinajstić information content (AvgIpc) is 3.09. The second-order valence-corrected chi connectivity index (χ2v) is 7.98. The molecule has 3 aromatic rings. The lowest BCUT2D eigenvalue weighted by Gasteiger charge is -2.26. The summed E-state index contributed by atoms with van der Waals surface area (Å²) in [4.78, 5) is 13.4. The molecule has 1 unspecified atom stereocenters. The van der Waals surface area contributed by atoms with Crippen molar-refractivity contribution in [3.8, 4) is 0 Å². The third kappa shape index (κ3) is 4.43. The number of nitrogens with zero attached hydrogens (tertiary/aromatic N) is 4. The van der Waals surface area contributed by atoms with Crippen LogP contribution in [0.25, 0.3) is 11.2 Å². The maximum atomic E-state index is 14.2. The lowest BCUT2D eigenvalue weighted by Crippen LogP contribution is -2.28. The van der Waals surface area contributed by atoms with E-state index in [1.165, 1.54) is 0 Å². The highest BCUT2D eigenvalue weighted by Gasteiger charge is 2.23. The number of hydrogen-bond acceptors (Lipinski definition) is 6. The first kappa shape index (κ1) is 21.4. The Morgan fingerprint density at radius 2 is 1.81 bits per heavy atom. The van der Waals surface area contributed by atoms with Gasteiger partial charge >= 0.3 is 0 Å². The largest absolute Gasteiger partial charge is 0.393 e. The van der Waals surface area contributed by atoms with Gasteiger partial charge in [0.15, 0.2) is 17.3 Å². The van der Waals surface area contributed by atoms with Crippen molar-refractivity contribution in [1.82, 2.24) is 19.5 Å². The smallest absolute Gasteiger partial charge is 0.224 e. The Hall–Kier alpha value is -2.88. The van der Waals surface area contributed by atoms with Crippen LogP contribution >= 0.6 is 0 Å². The molecular weight excluding hydrogens is 409 g/mol. The quantitative estimate of drug-likeness (QED) is 0.522. The highest BCUT2D eigenvalue weighted by atomic mass is 19.1. The summed E-state index contributed by atoms with van der Waals surface area (Å²) in [5.41, 5.74) is 0.511. The summed E-state index contributed by atoms with van der Waals surface area (Å²) in [5.74, 6) is -2.46. The number of benzene rings is 1. The van der Waals surface area contributed by atoms with E-state index in [1.807, 2.05) is 13.8 Å². The van der Waals surface area contributed by atoms with Gasteiger partial charge in [0.2, 0.25) is 11.9 Å². The molecule has 1 aliphatic rings. The lowest BCUT2D eigenvalue weighted by molar-refractivity contribution is 0.126. The van der Waals surface area contributed by atoms with E-state index >= 15 is 0 Å². The van der Waals surface area contributed by atoms with Crippen molar-refractivity contribution >= 4 is 28.7 Å². The molecule has 166 valence electrons. The minimum absolute atomic E-state index is 0.0772. The van der Waals surface area contributed by atoms with E-state index in [9.17, 15) is 18.3 Å². The van der Waals surface area contributed by atoms with Gasteiger partial charge < -0.3 is 15.7 Å². The van der Waals surface area contributed by atoms with Crippen molar-refractivity contribution in [2.24, 2.45) is 0 Å². The molecule has 1 aliphatic carbocycles. The molecule has 2 heterocycles. The third-order valence-corrected chi connectivity index (χ3v) is 5.74. The number of hydrogen-bond donors (Lipinski definition) is 3. The maximum Gasteiger partial charge on any atom is 0.224 e. The van der Waals surface area contributed by atoms with Crippen LogP contribution < -0.4 is 10.6 Å². The Kier molecular flexibility index (Phi) is 5.99. The number of fused-ring (bicyclic) bond motifs is 1. The van der Waals surface area contributed by atoms with E-state index in [0.29, 0.717) is 29.2 Å². The van der Waals surface area contributed by atoms with Crippen molar-refractivity contribution in [3.63, 3.8) is 0 Å². The molecule has 4 rings (SSSR count). The first-order valence-electron chi connectivity index (χ1n) is 10.5. The molecule has 3 N–H and O–H groups in total. The van der Waals surface area contributed by atoms with Gasteiger partial charge in [0, 0.05) is 24.2 Å². The number of aliphatic hydroxyl groups excluding tert-OH is 1. The zero-order valence-corrected chi connectivity index (χ0v) is 17.4. The number of imidazole rings is 1. The first-order valence-corrected chi connectivity index (χ1v) is 10.5. The summed E-state index contributed by atoms with van der Waals surface area (Å²) < 4.78 is 43.4. The van der Waals surface area contributed by atoms with Gasteiger partial charge in [-0.3, -0.25) is 4.57 Å². The molecular formula is C21H25F3N6O. The fraction of sp³-hybridized carbons (Fsp3) is 0.476. The Morgan fingerprint density at radius 3 is 2.45 bits per heavy atom. The molecule has 0 aliphatic heterocycles. The van der Waals surface area contributed by atoms with Crippen LogP contribution in [0.1, 0.15) is 52.0 Å². The maximum absolute atomic E-state index is 14.2. The van der Waals surface area contributed by atoms with E-state index in [2.05, 4.69) is 25.6 Å². The topological polar surface area (TPSA) is 87.9 Å². The molecule has 0 spiro atoms. The van der Waals surface area contributed by atoms with Crippen molar-refractivity contribution in [2.45, 2.75) is 64.1 Å². The molecule has 0 saturated heterocycles. The van der Waals surface area contributed by atoms with Crippen LogP contribution in [0.3, 0.4) is 0 Å². The average molecular weight is 434 g/mol. The first-order chi connectivity index (χ1) is 14.9. The van der Waals surface area contributed by atoms with Crippen LogP contribution in [0, 0.1) is 17.5 Å². The molecule has 0 bridgehead atoms. The van der Waals surface area contributed by atoms with Crippen LogP contribution in [0.5, 0.6) is 0 Å². The number of aliphatic hydroxyl groups is 1. The summed E-state index contributed by atoms with van der Waals surface area (Å²) in [5, 5.41) is 15.7. The number of aromatic nitrogens is 4. The fourth-order valence-electron chi connectivity index (χ4n) is 3.82. The second-order valence-electron chi connectivity index (χ2n) is 7.98. The third-order valence-electron chi connectivity index (χ3n) is 5.74. The SMILES string of the molecule is CCC(C)n1c(Nc2c(F)cc(F)cc2F)nc2cnc(NC3CCC(O)CC3)nc21. The molecule has 1 atom stereocenters. The van der Waals surface area contributed by atoms with Gasteiger partial charge in [0.1, 0.15) is 17.0 Å². The predicted molar refractivity (Wildman–Crippen MR) is 112 cm³/mol. The number of nitrogens with one attached hydrogen (secondary N) is 2. The summed E-state index contributed by atoms with van der Waals surface area (Å²) >= 11 is 0. The monoisotopic (exact) mass is 434 g/mol. The van der Waals surface area contributed by atoms with E-state index in [1.54, 1.807) is 10.8 Å². The Bertz CT molecular complexity index is 1060. The highest BCUT2D eigenvalue weighted by molar-refractivity contribution is 5.76. The van der Waals surface area contributed by atoms with Crippen LogP contribution in [0.15, 0.2) is 18.3 Å². The van der Waals surface area contributed by atoms with Crippen molar-refractivity contribution < 1.29 is 18.3 Å². The second kappa shape index (κ2) is 8.70. The number of anilines is 3. The number of rotatable bonds is 6. The minimum Gasteiger partial charge on any atom is -0.393 e. The Balaban J connectivity index is 1.69. The molecule has 1 saturated carbocycles. The molecule has 1 fully saturated rings. The summed E-state index contributed by atoms with van der Waals surface area (Å²) in [6.45, 7) is 3.93. The van der Waals surface area contributed by atoms with Gasteiger partial charge in [-0.05, 0) is 39.0 Å². The summed E-state index contributed by atoms with van der Waals surface area (Å²) in [7, 11) is 0. The van der Waals surface area contributed by atoms with Gasteiger partial charge in [-0.15, -0.1) is 0 Å². The zero-order chi connectivity index (χ0) is 22.1. The fourth-order valence-corrected chi connectivity index (χ4v) is 3.82. The van der Waals surface area contributed by atoms with Crippen LogP contribution in [-0.2, 0) is 0 Å². The minimum atomic E-state index is -1.05. The van der Waals surface area contributed by atoms with E-state index < -0.39 is 23.1 Å². The molecule has 31 heavy (non-hydrogen) atoms. The van der Waals surface area contributed by atoms with E-state index in [-0.39, 0.29) is 24.1 Å². The predicted octanol–water partition coefficient (Wildman–Crippen LogP) is 4.67. The van der Waals surface area contributed by atoms with E-state index in [0.717, 1.165) is 32.1 Å². The normalized spacial score (nSPS) is 20.1. The van der Waals surface area contributed by atoms with Crippen molar-refractivity contribution in [3.05, 3.63) is 35.8 Å². The van der Waals surface area contributed by atoms with E-state index in [4.69, 9.17) is 0 Å². The molecule has 0 radical (unpaired) electrons. The Labute approximate surface area is 177 Å². The zero-order valence-electron chi connectivity index (χ0n) is 17.4. The summed E-state index contributed by atoms with van der Waals surface area (Å²) in [6, 6.07) is 1.32. The van der Waals surface area contributed by atoms with Crippen LogP contribution in [-0.4, -0.2) is 36.8 Å². The van der Waals surface area contributed by atoms with Gasteiger partial charge in [-0.25, -0.2) is 23.1 Å². The van der Waals surface area contributed by atoms with Gasteiger partial charge in [-0.1, -0.05) is 6.92 Å². The highest BCUT2D eigenvalue weighted by Crippen LogP contribution is 2.30. The molecule has 1 aromatic carbocycles. The Morgan fingerprint density at radius 1 is 1.13 bits per heavy atom. The molecule has 10 heteroatoms. The summed E-state index contributed by atoms with van der Waals surface area (Å²) in [6.07, 6.45) is 5.13. The molecule has 2 aromatic heterocycles. The molecule has 0 amide bonds. The molecule has 7 nitrogen and oxygen atoms in total.